The summed E-state index contributed by atoms with van der Waals surface area (Å²) in [4.78, 5) is 0. The molecule has 2 heteroatoms. The van der Waals surface area contributed by atoms with Gasteiger partial charge in [0.25, 0.3) is 0 Å². The zero-order valence-corrected chi connectivity index (χ0v) is 12.0. The summed E-state index contributed by atoms with van der Waals surface area (Å²) in [6.07, 6.45) is 5.17. The molecule has 0 bridgehead atoms. The van der Waals surface area contributed by atoms with Gasteiger partial charge in [0.05, 0.1) is 12.8 Å². The SMILES string of the molecule is COc1cc(C)ccc1NC1CCCC(C)(C)C1. The lowest BCUT2D eigenvalue weighted by Gasteiger charge is -2.36. The molecule has 2 nitrogen and oxygen atoms in total. The maximum atomic E-state index is 5.46. The maximum absolute atomic E-state index is 5.46. The average Bonchev–Trinajstić information content (AvgIpc) is 2.30. The Labute approximate surface area is 111 Å². The first kappa shape index (κ1) is 13.3. The van der Waals surface area contributed by atoms with E-state index in [1.807, 2.05) is 0 Å². The second-order valence-electron chi connectivity index (χ2n) is 6.31. The number of rotatable bonds is 3. The van der Waals surface area contributed by atoms with Crippen LogP contribution in [0.2, 0.25) is 0 Å². The van der Waals surface area contributed by atoms with Gasteiger partial charge in [-0.2, -0.15) is 0 Å². The molecule has 1 aromatic rings. The Balaban J connectivity index is 2.09. The predicted octanol–water partition coefficient (Wildman–Crippen LogP) is 4.38. The van der Waals surface area contributed by atoms with Gasteiger partial charge in [-0.25, -0.2) is 0 Å². The zero-order chi connectivity index (χ0) is 13.2. The van der Waals surface area contributed by atoms with E-state index in [1.165, 1.54) is 31.2 Å². The molecule has 1 unspecified atom stereocenters. The third kappa shape index (κ3) is 3.18. The normalized spacial score (nSPS) is 22.6. The molecule has 1 saturated carbocycles. The molecule has 1 aromatic carbocycles. The van der Waals surface area contributed by atoms with Gasteiger partial charge in [-0.3, -0.25) is 0 Å². The first-order valence-corrected chi connectivity index (χ1v) is 6.91. The number of methoxy groups -OCH3 is 1. The highest BCUT2D eigenvalue weighted by Gasteiger charge is 2.28. The monoisotopic (exact) mass is 247 g/mol. The summed E-state index contributed by atoms with van der Waals surface area (Å²) in [6, 6.07) is 6.94. The summed E-state index contributed by atoms with van der Waals surface area (Å²) in [7, 11) is 1.74. The summed E-state index contributed by atoms with van der Waals surface area (Å²) >= 11 is 0. The standard InChI is InChI=1S/C16H25NO/c1-12-7-8-14(15(10-12)18-4)17-13-6-5-9-16(2,3)11-13/h7-8,10,13,17H,5-6,9,11H2,1-4H3. The molecule has 1 aliphatic rings. The number of nitrogens with one attached hydrogen (secondary N) is 1. The van der Waals surface area contributed by atoms with Crippen LogP contribution in [0.1, 0.15) is 45.1 Å². The molecule has 1 atom stereocenters. The van der Waals surface area contributed by atoms with E-state index in [4.69, 9.17) is 4.74 Å². The first-order valence-electron chi connectivity index (χ1n) is 6.91. The van der Waals surface area contributed by atoms with Crippen molar-refractivity contribution in [1.82, 2.24) is 0 Å². The van der Waals surface area contributed by atoms with Gasteiger partial charge in [0.2, 0.25) is 0 Å². The second-order valence-corrected chi connectivity index (χ2v) is 6.31. The topological polar surface area (TPSA) is 21.3 Å². The van der Waals surface area contributed by atoms with Crippen LogP contribution in [0.5, 0.6) is 5.75 Å². The number of ether oxygens (including phenoxy) is 1. The van der Waals surface area contributed by atoms with Crippen LogP contribution in [-0.2, 0) is 0 Å². The minimum absolute atomic E-state index is 0.466. The van der Waals surface area contributed by atoms with E-state index in [-0.39, 0.29) is 0 Å². The third-order valence-electron chi connectivity index (χ3n) is 3.92. The van der Waals surface area contributed by atoms with E-state index in [1.54, 1.807) is 7.11 Å². The molecule has 1 N–H and O–H groups in total. The van der Waals surface area contributed by atoms with Crippen LogP contribution in [0.4, 0.5) is 5.69 Å². The van der Waals surface area contributed by atoms with E-state index in [0.717, 1.165) is 11.4 Å². The van der Waals surface area contributed by atoms with E-state index in [9.17, 15) is 0 Å². The minimum Gasteiger partial charge on any atom is -0.495 e. The van der Waals surface area contributed by atoms with Crippen molar-refractivity contribution in [3.8, 4) is 5.75 Å². The van der Waals surface area contributed by atoms with Gasteiger partial charge in [0.1, 0.15) is 5.75 Å². The second kappa shape index (κ2) is 5.21. The summed E-state index contributed by atoms with van der Waals surface area (Å²) < 4.78 is 5.46. The number of benzene rings is 1. The molecule has 1 fully saturated rings. The van der Waals surface area contributed by atoms with Crippen molar-refractivity contribution in [2.45, 2.75) is 52.5 Å². The highest BCUT2D eigenvalue weighted by Crippen LogP contribution is 2.37. The van der Waals surface area contributed by atoms with E-state index < -0.39 is 0 Å². The van der Waals surface area contributed by atoms with Crippen LogP contribution >= 0.6 is 0 Å². The van der Waals surface area contributed by atoms with Crippen molar-refractivity contribution in [2.75, 3.05) is 12.4 Å². The molecule has 0 spiro atoms. The lowest BCUT2D eigenvalue weighted by atomic mass is 9.75. The summed E-state index contributed by atoms with van der Waals surface area (Å²) in [5.41, 5.74) is 2.83. The fraction of sp³-hybridized carbons (Fsp3) is 0.625. The molecule has 18 heavy (non-hydrogen) atoms. The van der Waals surface area contributed by atoms with Gasteiger partial charge in [0.15, 0.2) is 0 Å². The summed E-state index contributed by atoms with van der Waals surface area (Å²) in [5.74, 6) is 0.957. The van der Waals surface area contributed by atoms with E-state index in [0.29, 0.717) is 11.5 Å². The van der Waals surface area contributed by atoms with Crippen LogP contribution in [0.25, 0.3) is 0 Å². The lowest BCUT2D eigenvalue weighted by molar-refractivity contribution is 0.229. The molecule has 1 aliphatic carbocycles. The highest BCUT2D eigenvalue weighted by atomic mass is 16.5. The third-order valence-corrected chi connectivity index (χ3v) is 3.92. The van der Waals surface area contributed by atoms with Gasteiger partial charge in [0, 0.05) is 6.04 Å². The summed E-state index contributed by atoms with van der Waals surface area (Å²) in [6.45, 7) is 6.83. The fourth-order valence-electron chi connectivity index (χ4n) is 2.96. The minimum atomic E-state index is 0.466. The van der Waals surface area contributed by atoms with Gasteiger partial charge in [-0.1, -0.05) is 26.3 Å². The molecule has 0 aliphatic heterocycles. The lowest BCUT2D eigenvalue weighted by Crippen LogP contribution is -2.31. The Hall–Kier alpha value is -1.18. The van der Waals surface area contributed by atoms with Crippen LogP contribution in [0.3, 0.4) is 0 Å². The van der Waals surface area contributed by atoms with Crippen molar-refractivity contribution >= 4 is 5.69 Å². The molecular formula is C16H25NO. The molecule has 100 valence electrons. The highest BCUT2D eigenvalue weighted by molar-refractivity contribution is 5.58. The van der Waals surface area contributed by atoms with Crippen molar-refractivity contribution in [3.05, 3.63) is 23.8 Å². The van der Waals surface area contributed by atoms with Crippen molar-refractivity contribution < 1.29 is 4.74 Å². The first-order chi connectivity index (χ1) is 8.50. The maximum Gasteiger partial charge on any atom is 0.142 e. The van der Waals surface area contributed by atoms with Crippen LogP contribution < -0.4 is 10.1 Å². The molecule has 0 saturated heterocycles. The number of anilines is 1. The molecule has 0 aromatic heterocycles. The van der Waals surface area contributed by atoms with Gasteiger partial charge in [-0.15, -0.1) is 0 Å². The number of aryl methyl sites for hydroxylation is 1. The average molecular weight is 247 g/mol. The van der Waals surface area contributed by atoms with Crippen molar-refractivity contribution in [3.63, 3.8) is 0 Å². The summed E-state index contributed by atoms with van der Waals surface area (Å²) in [5, 5.41) is 3.66. The van der Waals surface area contributed by atoms with Crippen LogP contribution in [0, 0.1) is 12.3 Å². The smallest absolute Gasteiger partial charge is 0.142 e. The Bertz CT molecular complexity index is 412. The van der Waals surface area contributed by atoms with E-state index in [2.05, 4.69) is 44.3 Å². The van der Waals surface area contributed by atoms with Crippen LogP contribution in [0.15, 0.2) is 18.2 Å². The van der Waals surface area contributed by atoms with E-state index >= 15 is 0 Å². The number of hydrogen-bond donors (Lipinski definition) is 1. The van der Waals surface area contributed by atoms with Crippen LogP contribution in [-0.4, -0.2) is 13.2 Å². The van der Waals surface area contributed by atoms with Crippen molar-refractivity contribution in [1.29, 1.82) is 0 Å². The molecular weight excluding hydrogens is 222 g/mol. The largest absolute Gasteiger partial charge is 0.495 e. The molecule has 0 amide bonds. The zero-order valence-electron chi connectivity index (χ0n) is 12.0. The van der Waals surface area contributed by atoms with Crippen molar-refractivity contribution in [2.24, 2.45) is 5.41 Å². The predicted molar refractivity (Wildman–Crippen MR) is 77.4 cm³/mol. The molecule has 0 radical (unpaired) electrons. The Morgan fingerprint density at radius 2 is 2.11 bits per heavy atom. The quantitative estimate of drug-likeness (QED) is 0.855. The van der Waals surface area contributed by atoms with Gasteiger partial charge in [-0.05, 0) is 49.3 Å². The Morgan fingerprint density at radius 3 is 2.78 bits per heavy atom. The Kier molecular flexibility index (Phi) is 3.84. The number of hydrogen-bond acceptors (Lipinski definition) is 2. The molecule has 2 rings (SSSR count). The van der Waals surface area contributed by atoms with Gasteiger partial charge >= 0.3 is 0 Å². The fourth-order valence-corrected chi connectivity index (χ4v) is 2.96. The van der Waals surface area contributed by atoms with Gasteiger partial charge < -0.3 is 10.1 Å². The molecule has 0 heterocycles. The Morgan fingerprint density at radius 1 is 1.33 bits per heavy atom.